The second-order valence-electron chi connectivity index (χ2n) is 2.14. The van der Waals surface area contributed by atoms with Crippen molar-refractivity contribution in [3.8, 4) is 0 Å². The van der Waals surface area contributed by atoms with E-state index in [1.165, 1.54) is 0 Å². The molecule has 2 nitrogen and oxygen atoms in total. The maximum absolute atomic E-state index is 9.77. The van der Waals surface area contributed by atoms with Gasteiger partial charge in [0.05, 0.1) is 12.0 Å². The summed E-state index contributed by atoms with van der Waals surface area (Å²) in [6, 6.07) is 0. The van der Waals surface area contributed by atoms with Gasteiger partial charge in [0.2, 0.25) is 6.29 Å². The summed E-state index contributed by atoms with van der Waals surface area (Å²) in [6.45, 7) is 3.12. The minimum absolute atomic E-state index is 0.128. The quantitative estimate of drug-likeness (QED) is 0.536. The standard InChI is InChI=1S/C5H9O2/c1-5(2,3-6)4-7/h6H,3H2,1-2H3. The van der Waals surface area contributed by atoms with Crippen LogP contribution < -0.4 is 0 Å². The van der Waals surface area contributed by atoms with Crippen molar-refractivity contribution in [3.05, 3.63) is 0 Å². The highest BCUT2D eigenvalue weighted by Crippen LogP contribution is 2.06. The summed E-state index contributed by atoms with van der Waals surface area (Å²) in [7, 11) is 0. The molecular formula is C5H9O2. The van der Waals surface area contributed by atoms with Gasteiger partial charge in [-0.2, -0.15) is 0 Å². The Balaban J connectivity index is 3.58. The summed E-state index contributed by atoms with van der Waals surface area (Å²) in [5.41, 5.74) is -0.667. The Morgan fingerprint density at radius 2 is 2.14 bits per heavy atom. The van der Waals surface area contributed by atoms with Gasteiger partial charge in [-0.1, -0.05) is 13.8 Å². The van der Waals surface area contributed by atoms with Crippen LogP contribution in [0, 0.1) is 5.41 Å². The van der Waals surface area contributed by atoms with Crippen LogP contribution >= 0.6 is 0 Å². The molecule has 0 aromatic carbocycles. The molecule has 0 aliphatic rings. The summed E-state index contributed by atoms with van der Waals surface area (Å²) < 4.78 is 0. The van der Waals surface area contributed by atoms with E-state index in [1.54, 1.807) is 20.1 Å². The topological polar surface area (TPSA) is 37.3 Å². The second-order valence-corrected chi connectivity index (χ2v) is 2.14. The molecule has 0 aliphatic carbocycles. The van der Waals surface area contributed by atoms with E-state index < -0.39 is 5.41 Å². The Morgan fingerprint density at radius 3 is 2.14 bits per heavy atom. The van der Waals surface area contributed by atoms with E-state index in [1.807, 2.05) is 0 Å². The third-order valence-electron chi connectivity index (χ3n) is 0.672. The molecule has 7 heavy (non-hydrogen) atoms. The average molecular weight is 101 g/mol. The molecule has 0 aromatic heterocycles. The monoisotopic (exact) mass is 101 g/mol. The van der Waals surface area contributed by atoms with Crippen molar-refractivity contribution in [2.45, 2.75) is 13.8 Å². The van der Waals surface area contributed by atoms with Gasteiger partial charge in [0.1, 0.15) is 0 Å². The van der Waals surface area contributed by atoms with E-state index in [4.69, 9.17) is 5.11 Å². The van der Waals surface area contributed by atoms with Crippen LogP contribution in [0.1, 0.15) is 13.8 Å². The van der Waals surface area contributed by atoms with Crippen molar-refractivity contribution in [1.29, 1.82) is 0 Å². The number of carbonyl (C=O) groups excluding carboxylic acids is 1. The molecule has 0 saturated carbocycles. The zero-order valence-electron chi connectivity index (χ0n) is 4.56. The van der Waals surface area contributed by atoms with Crippen molar-refractivity contribution < 1.29 is 9.90 Å². The lowest BCUT2D eigenvalue weighted by molar-refractivity contribution is 0.209. The second kappa shape index (κ2) is 2.07. The molecule has 0 rings (SSSR count). The SMILES string of the molecule is CC(C)([C]=O)CO. The summed E-state index contributed by atoms with van der Waals surface area (Å²) in [5, 5.41) is 8.33. The molecule has 0 atom stereocenters. The van der Waals surface area contributed by atoms with Crippen LogP contribution in [-0.4, -0.2) is 18.0 Å². The lowest BCUT2D eigenvalue weighted by Gasteiger charge is -2.08. The average Bonchev–Trinajstić information content (AvgIpc) is 1.68. The van der Waals surface area contributed by atoms with Crippen molar-refractivity contribution in [3.63, 3.8) is 0 Å². The van der Waals surface area contributed by atoms with Crippen LogP contribution in [0.2, 0.25) is 0 Å². The predicted octanol–water partition coefficient (Wildman–Crippen LogP) is 0.115. The summed E-state index contributed by atoms with van der Waals surface area (Å²) in [4.78, 5) is 9.77. The molecule has 0 heterocycles. The summed E-state index contributed by atoms with van der Waals surface area (Å²) >= 11 is 0. The van der Waals surface area contributed by atoms with Crippen LogP contribution in [0.25, 0.3) is 0 Å². The lowest BCUT2D eigenvalue weighted by atomic mass is 9.98. The summed E-state index contributed by atoms with van der Waals surface area (Å²) in [6.07, 6.45) is 1.69. The molecule has 2 heteroatoms. The molecule has 41 valence electrons. The van der Waals surface area contributed by atoms with Crippen LogP contribution in [0.5, 0.6) is 0 Å². The van der Waals surface area contributed by atoms with Gasteiger partial charge in [-0.25, -0.2) is 0 Å². The van der Waals surface area contributed by atoms with E-state index >= 15 is 0 Å². The molecule has 1 N–H and O–H groups in total. The Bertz CT molecular complexity index is 66.5. The van der Waals surface area contributed by atoms with Gasteiger partial charge in [0.25, 0.3) is 0 Å². The first-order valence-electron chi connectivity index (χ1n) is 2.12. The molecule has 0 unspecified atom stereocenters. The third-order valence-corrected chi connectivity index (χ3v) is 0.672. The molecule has 0 amide bonds. The maximum Gasteiger partial charge on any atom is 0.206 e. The van der Waals surface area contributed by atoms with Crippen LogP contribution in [0.3, 0.4) is 0 Å². The van der Waals surface area contributed by atoms with Crippen LogP contribution in [0.4, 0.5) is 0 Å². The van der Waals surface area contributed by atoms with Crippen LogP contribution in [-0.2, 0) is 4.79 Å². The third kappa shape index (κ3) is 2.34. The Hall–Kier alpha value is -0.370. The molecule has 0 bridgehead atoms. The normalized spacial score (nSPS) is 11.3. The van der Waals surface area contributed by atoms with E-state index in [-0.39, 0.29) is 6.61 Å². The Labute approximate surface area is 43.2 Å². The minimum atomic E-state index is -0.667. The fourth-order valence-corrected chi connectivity index (χ4v) is 0.0323. The largest absolute Gasteiger partial charge is 0.395 e. The fraction of sp³-hybridized carbons (Fsp3) is 0.800. The zero-order valence-corrected chi connectivity index (χ0v) is 4.56. The van der Waals surface area contributed by atoms with Crippen molar-refractivity contribution >= 4 is 6.29 Å². The number of hydrogen-bond donors (Lipinski definition) is 1. The first kappa shape index (κ1) is 6.63. The molecule has 0 spiro atoms. The van der Waals surface area contributed by atoms with Gasteiger partial charge in [-0.3, -0.25) is 4.79 Å². The fourth-order valence-electron chi connectivity index (χ4n) is 0.0323. The smallest absolute Gasteiger partial charge is 0.206 e. The zero-order chi connectivity index (χ0) is 5.91. The highest BCUT2D eigenvalue weighted by Gasteiger charge is 2.14. The summed E-state index contributed by atoms with van der Waals surface area (Å²) in [5.74, 6) is 0. The minimum Gasteiger partial charge on any atom is -0.395 e. The Morgan fingerprint density at radius 1 is 1.71 bits per heavy atom. The Kier molecular flexibility index (Phi) is 1.96. The molecule has 0 aliphatic heterocycles. The van der Waals surface area contributed by atoms with Gasteiger partial charge in [-0.05, 0) is 0 Å². The van der Waals surface area contributed by atoms with Crippen LogP contribution in [0.15, 0.2) is 0 Å². The molecule has 0 fully saturated rings. The van der Waals surface area contributed by atoms with Gasteiger partial charge in [0, 0.05) is 0 Å². The number of aliphatic hydroxyl groups is 1. The van der Waals surface area contributed by atoms with E-state index in [0.29, 0.717) is 0 Å². The highest BCUT2D eigenvalue weighted by atomic mass is 16.3. The van der Waals surface area contributed by atoms with Crippen molar-refractivity contribution in [2.75, 3.05) is 6.61 Å². The maximum atomic E-state index is 9.77. The van der Waals surface area contributed by atoms with Gasteiger partial charge >= 0.3 is 0 Å². The first-order chi connectivity index (χ1) is 3.12. The highest BCUT2D eigenvalue weighted by molar-refractivity contribution is 5.58. The van der Waals surface area contributed by atoms with Crippen molar-refractivity contribution in [2.24, 2.45) is 5.41 Å². The molecule has 0 saturated heterocycles. The van der Waals surface area contributed by atoms with E-state index in [0.717, 1.165) is 0 Å². The number of rotatable bonds is 2. The van der Waals surface area contributed by atoms with Gasteiger partial charge in [-0.15, -0.1) is 0 Å². The van der Waals surface area contributed by atoms with Gasteiger partial charge in [0.15, 0.2) is 0 Å². The predicted molar refractivity (Wildman–Crippen MR) is 26.6 cm³/mol. The van der Waals surface area contributed by atoms with E-state index in [9.17, 15) is 4.79 Å². The van der Waals surface area contributed by atoms with Crippen molar-refractivity contribution in [1.82, 2.24) is 0 Å². The van der Waals surface area contributed by atoms with Gasteiger partial charge < -0.3 is 5.11 Å². The first-order valence-corrected chi connectivity index (χ1v) is 2.12. The lowest BCUT2D eigenvalue weighted by Crippen LogP contribution is -2.17. The molecule has 0 aromatic rings. The van der Waals surface area contributed by atoms with E-state index in [2.05, 4.69) is 0 Å². The molecule has 1 radical (unpaired) electrons. The number of aliphatic hydroxyl groups excluding tert-OH is 1. The molecular weight excluding hydrogens is 92.1 g/mol. The number of hydrogen-bond acceptors (Lipinski definition) is 2.